The van der Waals surface area contributed by atoms with E-state index in [-0.39, 0.29) is 44.7 Å². The minimum Gasteiger partial charge on any atom is -0.456 e. The third kappa shape index (κ3) is 6.70. The van der Waals surface area contributed by atoms with Crippen LogP contribution in [0.4, 0.5) is 45.5 Å². The molecule has 3 aliphatic carbocycles. The van der Waals surface area contributed by atoms with Gasteiger partial charge in [0.15, 0.2) is 0 Å². The van der Waals surface area contributed by atoms with Crippen molar-refractivity contribution in [3.05, 3.63) is 173 Å². The highest BCUT2D eigenvalue weighted by Crippen LogP contribution is 2.63. The molecule has 0 radical (unpaired) electrons. The van der Waals surface area contributed by atoms with E-state index in [0.29, 0.717) is 0 Å². The van der Waals surface area contributed by atoms with Gasteiger partial charge < -0.3 is 23.5 Å². The first-order valence-electron chi connectivity index (χ1n) is 30.9. The van der Waals surface area contributed by atoms with Crippen LogP contribution in [0.5, 0.6) is 0 Å². The summed E-state index contributed by atoms with van der Waals surface area (Å²) >= 11 is 0. The van der Waals surface area contributed by atoms with Crippen molar-refractivity contribution in [2.24, 2.45) is 0 Å². The summed E-state index contributed by atoms with van der Waals surface area (Å²) in [6, 6.07) is 54.7. The second-order valence-electron chi connectivity index (χ2n) is 30.1. The molecule has 16 rings (SSSR count). The molecule has 0 spiro atoms. The van der Waals surface area contributed by atoms with Crippen molar-refractivity contribution in [2.45, 2.75) is 179 Å². The number of hydrogen-bond donors (Lipinski definition) is 0. The lowest BCUT2D eigenvalue weighted by molar-refractivity contribution is 0.195. The zero-order valence-corrected chi connectivity index (χ0v) is 50.7. The van der Waals surface area contributed by atoms with E-state index in [0.717, 1.165) is 81.7 Å². The lowest BCUT2D eigenvalue weighted by Crippen LogP contribution is -2.62. The fourth-order valence-corrected chi connectivity index (χ4v) is 17.2. The van der Waals surface area contributed by atoms with Gasteiger partial charge in [0.25, 0.3) is 6.71 Å². The van der Waals surface area contributed by atoms with Crippen molar-refractivity contribution in [2.75, 3.05) is 14.7 Å². The first-order chi connectivity index (χ1) is 39.0. The lowest BCUT2D eigenvalue weighted by Gasteiger charge is -2.51. The predicted molar refractivity (Wildman–Crippen MR) is 347 cm³/mol. The second kappa shape index (κ2) is 16.3. The van der Waals surface area contributed by atoms with Crippen molar-refractivity contribution < 1.29 is 8.83 Å². The number of benzene rings is 8. The van der Waals surface area contributed by atoms with Crippen LogP contribution in [0.15, 0.2) is 148 Å². The van der Waals surface area contributed by atoms with Crippen molar-refractivity contribution >= 4 is 112 Å². The normalized spacial score (nSPS) is 22.5. The van der Waals surface area contributed by atoms with Gasteiger partial charge in [0.05, 0.1) is 16.6 Å². The molecule has 82 heavy (non-hydrogen) atoms. The molecule has 6 heteroatoms. The van der Waals surface area contributed by atoms with Gasteiger partial charge in [-0.05, 0) is 195 Å². The highest BCUT2D eigenvalue weighted by molar-refractivity contribution is 7.00. The summed E-state index contributed by atoms with van der Waals surface area (Å²) in [5.41, 5.74) is 26.0. The Balaban J connectivity index is 1.09. The molecule has 2 atom stereocenters. The summed E-state index contributed by atoms with van der Waals surface area (Å²) in [6.45, 7) is 32.1. The summed E-state index contributed by atoms with van der Waals surface area (Å²) in [4.78, 5) is 8.26. The molecule has 5 heterocycles. The maximum atomic E-state index is 6.99. The van der Waals surface area contributed by atoms with Gasteiger partial charge in [-0.1, -0.05) is 163 Å². The Labute approximate surface area is 485 Å². The van der Waals surface area contributed by atoms with Gasteiger partial charge in [0.2, 0.25) is 0 Å². The summed E-state index contributed by atoms with van der Waals surface area (Å²) in [5, 5.41) is 4.50. The smallest absolute Gasteiger partial charge is 0.252 e. The van der Waals surface area contributed by atoms with E-state index in [1.807, 2.05) is 0 Å². The minimum atomic E-state index is -0.196. The van der Waals surface area contributed by atoms with E-state index in [2.05, 4.69) is 244 Å². The summed E-state index contributed by atoms with van der Waals surface area (Å²) in [7, 11) is 0. The molecular weight excluding hydrogens is 998 g/mol. The Morgan fingerprint density at radius 1 is 0.402 bits per heavy atom. The molecule has 10 aromatic rings. The molecular formula is C76H78BN3O2. The summed E-state index contributed by atoms with van der Waals surface area (Å²) in [5.74, 6) is 0. The van der Waals surface area contributed by atoms with Crippen LogP contribution in [0.2, 0.25) is 0 Å². The highest BCUT2D eigenvalue weighted by atomic mass is 16.3. The Kier molecular flexibility index (Phi) is 10.1. The van der Waals surface area contributed by atoms with Crippen LogP contribution < -0.4 is 31.1 Å². The van der Waals surface area contributed by atoms with Gasteiger partial charge in [0.1, 0.15) is 22.3 Å². The van der Waals surface area contributed by atoms with Gasteiger partial charge in [-0.3, -0.25) is 0 Å². The monoisotopic (exact) mass is 1080 g/mol. The Hall–Kier alpha value is -7.18. The minimum absolute atomic E-state index is 0.0100. The van der Waals surface area contributed by atoms with Crippen LogP contribution in [-0.4, -0.2) is 12.3 Å². The molecule has 0 amide bonds. The number of nitrogens with zero attached hydrogens (tertiary/aromatic N) is 3. The largest absolute Gasteiger partial charge is 0.456 e. The van der Waals surface area contributed by atoms with E-state index >= 15 is 0 Å². The summed E-state index contributed by atoms with van der Waals surface area (Å²) < 4.78 is 13.8. The van der Waals surface area contributed by atoms with Crippen molar-refractivity contribution in [1.82, 2.24) is 0 Å². The lowest BCUT2D eigenvalue weighted by atomic mass is 9.33. The molecule has 0 N–H and O–H groups in total. The molecule has 6 aliphatic rings. The van der Waals surface area contributed by atoms with Gasteiger partial charge >= 0.3 is 0 Å². The fourth-order valence-electron chi connectivity index (χ4n) is 17.2. The number of rotatable bonds is 3. The number of fused-ring (bicyclic) bond motifs is 15. The summed E-state index contributed by atoms with van der Waals surface area (Å²) in [6.07, 6.45) is 9.29. The maximum Gasteiger partial charge on any atom is 0.252 e. The maximum absolute atomic E-state index is 6.99. The molecule has 0 bridgehead atoms. The van der Waals surface area contributed by atoms with Crippen LogP contribution in [0, 0.1) is 0 Å². The molecule has 0 saturated heterocycles. The SMILES string of the molecule is CC(C)(C)c1ccc2c(c1)C1(C)CCCCC1(C)N2c1cc2c3c(c1)N(c1cccc4oc5ccccc5c14)c1cc4c(cc1B3c1cc3c(cc1N2c1ccc2c(c1)C(C)(C)CCC2(C)C)C(C)(C)CCC3(C)C)oc1ccccc14. The van der Waals surface area contributed by atoms with E-state index in [9.17, 15) is 0 Å². The third-order valence-corrected chi connectivity index (χ3v) is 22.5. The number of para-hydroxylation sites is 2. The highest BCUT2D eigenvalue weighted by Gasteiger charge is 2.59. The second-order valence-corrected chi connectivity index (χ2v) is 30.1. The van der Waals surface area contributed by atoms with E-state index < -0.39 is 0 Å². The Morgan fingerprint density at radius 3 is 1.71 bits per heavy atom. The van der Waals surface area contributed by atoms with Crippen LogP contribution >= 0.6 is 0 Å². The number of hydrogen-bond acceptors (Lipinski definition) is 5. The molecule has 3 aliphatic heterocycles. The van der Waals surface area contributed by atoms with Crippen molar-refractivity contribution in [3.8, 4) is 0 Å². The third-order valence-electron chi connectivity index (χ3n) is 22.5. The van der Waals surface area contributed by atoms with Gasteiger partial charge in [-0.25, -0.2) is 0 Å². The zero-order valence-electron chi connectivity index (χ0n) is 50.7. The van der Waals surface area contributed by atoms with Crippen LogP contribution in [0.1, 0.15) is 175 Å². The van der Waals surface area contributed by atoms with E-state index in [4.69, 9.17) is 8.83 Å². The Bertz CT molecular complexity index is 4430. The molecule has 2 unspecified atom stereocenters. The molecule has 1 fully saturated rings. The van der Waals surface area contributed by atoms with Crippen LogP contribution in [0.25, 0.3) is 43.9 Å². The fraction of sp³-hybridized carbons (Fsp3) is 0.368. The quantitative estimate of drug-likeness (QED) is 0.165. The molecule has 8 aromatic carbocycles. The van der Waals surface area contributed by atoms with Gasteiger partial charge in [0, 0.05) is 61.4 Å². The van der Waals surface area contributed by atoms with E-state index in [1.165, 1.54) is 109 Å². The Morgan fingerprint density at radius 2 is 0.988 bits per heavy atom. The molecule has 2 aromatic heterocycles. The van der Waals surface area contributed by atoms with E-state index in [1.54, 1.807) is 0 Å². The molecule has 1 saturated carbocycles. The first-order valence-corrected chi connectivity index (χ1v) is 30.9. The topological polar surface area (TPSA) is 36.0 Å². The molecule has 412 valence electrons. The average Bonchev–Trinajstić information content (AvgIpc) is 1.41. The van der Waals surface area contributed by atoms with Crippen molar-refractivity contribution in [1.29, 1.82) is 0 Å². The first kappa shape index (κ1) is 50.5. The number of furan rings is 2. The van der Waals surface area contributed by atoms with Gasteiger partial charge in [-0.2, -0.15) is 0 Å². The van der Waals surface area contributed by atoms with Crippen LogP contribution in [0.3, 0.4) is 0 Å². The average molecular weight is 1080 g/mol. The van der Waals surface area contributed by atoms with Gasteiger partial charge in [-0.15, -0.1) is 0 Å². The molecule has 5 nitrogen and oxygen atoms in total. The van der Waals surface area contributed by atoms with Crippen molar-refractivity contribution in [3.63, 3.8) is 0 Å². The predicted octanol–water partition coefficient (Wildman–Crippen LogP) is 19.3. The number of anilines is 8. The zero-order chi connectivity index (χ0) is 56.6. The standard InChI is InChI=1S/C76H78BN3O2/c1-70(2,3)45-27-30-58-55(37-45)75(12)31-18-19-32-76(75,13)80(58)47-39-62-69-63(40-47)79(59-23-20-26-66-68(59)49-22-15-17-25-65(49)81-66)60-41-50-48-21-14-16-24-64(48)82-67(50)44-57(60)77(69)56-42-53-54(74(10,11)36-35-73(53,8)9)43-61(56)78(62)46-28-29-51-52(38-46)72(6,7)34-33-71(51,4)5/h14-17,20-30,37-44H,18-19,31-36H2,1-13H3. The van der Waals surface area contributed by atoms with Crippen LogP contribution in [-0.2, 0) is 32.5 Å².